The Morgan fingerprint density at radius 1 is 0.643 bits per heavy atom. The van der Waals surface area contributed by atoms with Gasteiger partial charge in [-0.2, -0.15) is 13.2 Å². The number of ether oxygens (including phenoxy) is 1. The molecule has 4 aromatic rings. The van der Waals surface area contributed by atoms with Crippen LogP contribution in [-0.2, 0) is 55.8 Å². The molecule has 0 fully saturated rings. The van der Waals surface area contributed by atoms with Gasteiger partial charge in [0.15, 0.2) is 6.61 Å². The van der Waals surface area contributed by atoms with Crippen LogP contribution in [0.25, 0.3) is 0 Å². The lowest BCUT2D eigenvalue weighted by molar-refractivity contribution is -0.142. The molecule has 0 radical (unpaired) electrons. The van der Waals surface area contributed by atoms with E-state index in [0.29, 0.717) is 18.6 Å². The van der Waals surface area contributed by atoms with Gasteiger partial charge in [-0.1, -0.05) is 84.9 Å². The Kier molecular flexibility index (Phi) is 14.2. The summed E-state index contributed by atoms with van der Waals surface area (Å²) in [6.45, 7) is -0.444. The van der Waals surface area contributed by atoms with Crippen molar-refractivity contribution in [1.82, 2.24) is 21.3 Å². The van der Waals surface area contributed by atoms with Gasteiger partial charge in [0, 0.05) is 6.42 Å². The predicted molar refractivity (Wildman–Crippen MR) is 200 cm³/mol. The van der Waals surface area contributed by atoms with Gasteiger partial charge in [-0.3, -0.25) is 19.2 Å². The number of hydrogen-bond acceptors (Lipinski definition) is 6. The standard InChI is InChI=1S/C42H43F3N4O7/c43-42(44,45)31-18-11-30(12-19-31)25-36-40(53)47-34(23-16-28-9-5-2-6-10-28)39(52)48-35(41(54)55)24-17-29-13-20-32(21-14-29)56-26-37(50)46-33(38(51)49-36)22-15-27-7-3-1-4-8-27/h1-14,18-21,33-36H,15-17,22-26H2,(H,46,50)(H,47,53)(H,48,52)(H,49,51)(H,54,55)/t33-,34-,35+,36+/m1/s1. The molecular formula is C42H43F3N4O7. The van der Waals surface area contributed by atoms with Crippen LogP contribution in [0.15, 0.2) is 109 Å². The summed E-state index contributed by atoms with van der Waals surface area (Å²) >= 11 is 0. The zero-order chi connectivity index (χ0) is 40.1. The predicted octanol–water partition coefficient (Wildman–Crippen LogP) is 4.56. The molecule has 56 heavy (non-hydrogen) atoms. The Balaban J connectivity index is 1.48. The molecule has 2 bridgehead atoms. The Hall–Kier alpha value is -6.18. The fourth-order valence-corrected chi connectivity index (χ4v) is 6.25. The first-order valence-electron chi connectivity index (χ1n) is 18.2. The van der Waals surface area contributed by atoms with Crippen molar-refractivity contribution in [2.24, 2.45) is 0 Å². The molecule has 2 aliphatic heterocycles. The highest BCUT2D eigenvalue weighted by atomic mass is 19.4. The monoisotopic (exact) mass is 772 g/mol. The second-order valence-electron chi connectivity index (χ2n) is 13.6. The molecule has 2 heterocycles. The first-order valence-corrected chi connectivity index (χ1v) is 18.2. The minimum Gasteiger partial charge on any atom is -0.484 e. The van der Waals surface area contributed by atoms with Gasteiger partial charge >= 0.3 is 12.1 Å². The third-order valence-corrected chi connectivity index (χ3v) is 9.40. The molecular weight excluding hydrogens is 729 g/mol. The SMILES string of the molecule is O=C1COc2ccc(cc2)CC[C@@H](C(=O)O)NC(=O)[C@@H](CCc2ccccc2)NC(=O)[C@H](Cc2ccc(C(F)(F)F)cc2)NC(=O)[C@@H](CCc2ccccc2)N1. The topological polar surface area (TPSA) is 163 Å². The maximum atomic E-state index is 14.2. The van der Waals surface area contributed by atoms with Gasteiger partial charge in [-0.25, -0.2) is 4.79 Å². The Bertz CT molecular complexity index is 1940. The third kappa shape index (κ3) is 12.4. The summed E-state index contributed by atoms with van der Waals surface area (Å²) < 4.78 is 45.8. The minimum absolute atomic E-state index is 0.0139. The van der Waals surface area contributed by atoms with Gasteiger partial charge in [0.05, 0.1) is 5.56 Å². The molecule has 6 rings (SSSR count). The van der Waals surface area contributed by atoms with Crippen LogP contribution in [0.1, 0.15) is 47.1 Å². The molecule has 11 nitrogen and oxygen atoms in total. The van der Waals surface area contributed by atoms with E-state index >= 15 is 0 Å². The Morgan fingerprint density at radius 3 is 1.71 bits per heavy atom. The Morgan fingerprint density at radius 2 is 1.16 bits per heavy atom. The van der Waals surface area contributed by atoms with Gasteiger partial charge in [0.25, 0.3) is 5.91 Å². The minimum atomic E-state index is -4.60. The molecule has 0 saturated heterocycles. The van der Waals surface area contributed by atoms with Crippen molar-refractivity contribution in [1.29, 1.82) is 0 Å². The van der Waals surface area contributed by atoms with E-state index in [1.54, 1.807) is 24.3 Å². The number of halogens is 3. The number of carbonyl (C=O) groups excluding carboxylic acids is 4. The number of rotatable bonds is 9. The molecule has 4 atom stereocenters. The van der Waals surface area contributed by atoms with E-state index in [9.17, 15) is 42.3 Å². The second-order valence-corrected chi connectivity index (χ2v) is 13.6. The van der Waals surface area contributed by atoms with Gasteiger partial charge < -0.3 is 31.1 Å². The fourth-order valence-electron chi connectivity index (χ4n) is 6.25. The number of hydrogen-bond donors (Lipinski definition) is 5. The lowest BCUT2D eigenvalue weighted by atomic mass is 9.99. The Labute approximate surface area is 322 Å². The molecule has 4 aromatic carbocycles. The van der Waals surface area contributed by atoms with E-state index in [1.807, 2.05) is 60.7 Å². The summed E-state index contributed by atoms with van der Waals surface area (Å²) in [5.41, 5.74) is 1.83. The molecule has 0 aliphatic carbocycles. The molecule has 0 spiro atoms. The zero-order valence-corrected chi connectivity index (χ0v) is 30.4. The van der Waals surface area contributed by atoms with Gasteiger partial charge in [0.1, 0.15) is 29.9 Å². The lowest BCUT2D eigenvalue weighted by Gasteiger charge is -2.26. The first kappa shape index (κ1) is 41.0. The van der Waals surface area contributed by atoms with Crippen molar-refractivity contribution >= 4 is 29.6 Å². The maximum Gasteiger partial charge on any atom is 0.416 e. The highest BCUT2D eigenvalue weighted by molar-refractivity contribution is 5.95. The van der Waals surface area contributed by atoms with E-state index in [4.69, 9.17) is 4.74 Å². The van der Waals surface area contributed by atoms with Crippen LogP contribution in [0.3, 0.4) is 0 Å². The van der Waals surface area contributed by atoms with Crippen molar-refractivity contribution in [3.8, 4) is 5.75 Å². The van der Waals surface area contributed by atoms with Crippen LogP contribution in [0.2, 0.25) is 0 Å². The number of aryl methyl sites for hydroxylation is 3. The number of nitrogens with one attached hydrogen (secondary N) is 4. The molecule has 0 saturated carbocycles. The summed E-state index contributed by atoms with van der Waals surface area (Å²) in [7, 11) is 0. The first-order chi connectivity index (χ1) is 26.8. The van der Waals surface area contributed by atoms with Crippen LogP contribution in [0.5, 0.6) is 5.75 Å². The number of carboxylic acid groups (broad SMARTS) is 1. The van der Waals surface area contributed by atoms with Crippen molar-refractivity contribution in [2.75, 3.05) is 6.61 Å². The summed E-state index contributed by atoms with van der Waals surface area (Å²) in [6.07, 6.45) is -3.76. The number of carboxylic acids is 1. The number of fused-ring (bicyclic) bond motifs is 17. The number of aliphatic carboxylic acids is 1. The van der Waals surface area contributed by atoms with E-state index in [-0.39, 0.29) is 37.7 Å². The third-order valence-electron chi connectivity index (χ3n) is 9.40. The van der Waals surface area contributed by atoms with E-state index in [0.717, 1.165) is 28.8 Å². The number of amides is 4. The maximum absolute atomic E-state index is 14.2. The van der Waals surface area contributed by atoms with Crippen LogP contribution in [-0.4, -0.2) is 65.5 Å². The second kappa shape index (κ2) is 19.4. The summed E-state index contributed by atoms with van der Waals surface area (Å²) in [6, 6.07) is 23.9. The van der Waals surface area contributed by atoms with Gasteiger partial charge in [-0.05, 0) is 85.0 Å². The molecule has 2 aliphatic rings. The van der Waals surface area contributed by atoms with Crippen LogP contribution in [0.4, 0.5) is 13.2 Å². The van der Waals surface area contributed by atoms with Gasteiger partial charge in [-0.15, -0.1) is 0 Å². The summed E-state index contributed by atoms with van der Waals surface area (Å²) in [5.74, 6) is -3.93. The van der Waals surface area contributed by atoms with Gasteiger partial charge in [0.2, 0.25) is 17.7 Å². The zero-order valence-electron chi connectivity index (χ0n) is 30.4. The summed E-state index contributed by atoms with van der Waals surface area (Å²) in [5, 5.41) is 20.6. The molecule has 4 amide bonds. The molecule has 14 heteroatoms. The molecule has 0 aromatic heterocycles. The summed E-state index contributed by atoms with van der Waals surface area (Å²) in [4.78, 5) is 67.5. The molecule has 5 N–H and O–H groups in total. The van der Waals surface area contributed by atoms with Crippen molar-refractivity contribution in [3.63, 3.8) is 0 Å². The van der Waals surface area contributed by atoms with Crippen molar-refractivity contribution in [3.05, 3.63) is 137 Å². The van der Waals surface area contributed by atoms with Crippen LogP contribution in [0, 0.1) is 0 Å². The van der Waals surface area contributed by atoms with E-state index in [2.05, 4.69) is 21.3 Å². The highest BCUT2D eigenvalue weighted by Gasteiger charge is 2.33. The van der Waals surface area contributed by atoms with Crippen LogP contribution < -0.4 is 26.0 Å². The molecule has 294 valence electrons. The average Bonchev–Trinajstić information content (AvgIpc) is 3.19. The van der Waals surface area contributed by atoms with Crippen LogP contribution >= 0.6 is 0 Å². The lowest BCUT2D eigenvalue weighted by Crippen LogP contribution is -2.58. The fraction of sp³-hybridized carbons (Fsp3) is 0.310. The number of benzene rings is 4. The molecule has 0 unspecified atom stereocenters. The van der Waals surface area contributed by atoms with Crippen molar-refractivity contribution in [2.45, 2.75) is 75.3 Å². The number of carbonyl (C=O) groups is 5. The smallest absolute Gasteiger partial charge is 0.416 e. The number of alkyl halides is 3. The van der Waals surface area contributed by atoms with E-state index < -0.39 is 72.1 Å². The normalized spacial score (nSPS) is 20.1. The average molecular weight is 773 g/mol. The highest BCUT2D eigenvalue weighted by Crippen LogP contribution is 2.29. The van der Waals surface area contributed by atoms with Crippen molar-refractivity contribution < 1.29 is 47.0 Å². The quantitative estimate of drug-likeness (QED) is 0.156. The largest absolute Gasteiger partial charge is 0.484 e. The van der Waals surface area contributed by atoms with E-state index in [1.165, 1.54) is 12.1 Å².